The van der Waals surface area contributed by atoms with Crippen LogP contribution in [-0.2, 0) is 16.2 Å². The number of carboxylic acids is 1. The maximum atomic E-state index is 13.4. The van der Waals surface area contributed by atoms with Crippen LogP contribution in [0.15, 0.2) is 30.3 Å². The Morgan fingerprint density at radius 3 is 2.58 bits per heavy atom. The highest BCUT2D eigenvalue weighted by molar-refractivity contribution is 8.01. The molecule has 2 aromatic carbocycles. The maximum Gasteiger partial charge on any atom is 0.305 e. The zero-order chi connectivity index (χ0) is 26.1. The highest BCUT2D eigenvalue weighted by atomic mass is 35.5. The summed E-state index contributed by atoms with van der Waals surface area (Å²) in [6.45, 7) is -0.197. The molecule has 0 aliphatic carbocycles. The number of aromatic hydroxyl groups is 1. The van der Waals surface area contributed by atoms with Crippen molar-refractivity contribution in [2.24, 2.45) is 0 Å². The van der Waals surface area contributed by atoms with Crippen LogP contribution < -0.4 is 14.5 Å². The van der Waals surface area contributed by atoms with E-state index >= 15 is 0 Å². The van der Waals surface area contributed by atoms with Gasteiger partial charge >= 0.3 is 5.97 Å². The van der Waals surface area contributed by atoms with Gasteiger partial charge in [0.05, 0.1) is 28.8 Å². The molecule has 3 aromatic rings. The summed E-state index contributed by atoms with van der Waals surface area (Å²) < 4.78 is 12.4. The van der Waals surface area contributed by atoms with Gasteiger partial charge in [0.15, 0.2) is 23.1 Å². The number of rotatable bonds is 8. The summed E-state index contributed by atoms with van der Waals surface area (Å²) in [6.07, 6.45) is -0.404. The Kier molecular flexibility index (Phi) is 7.90. The fraction of sp³-hybridized carbons (Fsp3) is 0.238. The van der Waals surface area contributed by atoms with E-state index in [0.29, 0.717) is 10.6 Å². The number of methoxy groups -OCH3 is 1. The Balaban J connectivity index is 1.73. The molecule has 15 heteroatoms. The zero-order valence-electron chi connectivity index (χ0n) is 18.3. The number of amides is 1. The summed E-state index contributed by atoms with van der Waals surface area (Å²) in [6, 6.07) is 7.51. The van der Waals surface area contributed by atoms with E-state index in [2.05, 4.69) is 10.2 Å². The first-order valence-electron chi connectivity index (χ1n) is 10.1. The van der Waals surface area contributed by atoms with E-state index in [1.807, 2.05) is 0 Å². The molecule has 2 unspecified atom stereocenters. The fourth-order valence-electron chi connectivity index (χ4n) is 3.54. The van der Waals surface area contributed by atoms with Crippen molar-refractivity contribution in [2.75, 3.05) is 12.1 Å². The van der Waals surface area contributed by atoms with E-state index in [4.69, 9.17) is 56.5 Å². The second-order valence-electron chi connectivity index (χ2n) is 7.43. The van der Waals surface area contributed by atoms with E-state index < -0.39 is 28.9 Å². The Hall–Kier alpha value is -2.64. The van der Waals surface area contributed by atoms with Gasteiger partial charge in [-0.05, 0) is 42.0 Å². The molecular weight excluding hydrogens is 575 g/mol. The molecule has 1 saturated heterocycles. The molecule has 1 fully saturated rings. The number of benzene rings is 2. The largest absolute Gasteiger partial charge is 0.504 e. The normalized spacial score (nSPS) is 17.4. The first-order chi connectivity index (χ1) is 17.1. The molecule has 0 spiro atoms. The number of thioether (sulfide) groups is 1. The maximum absolute atomic E-state index is 13.4. The number of aromatic nitrogens is 3. The smallest absolute Gasteiger partial charge is 0.305 e. The molecule has 10 nitrogen and oxygen atoms in total. The van der Waals surface area contributed by atoms with Crippen LogP contribution in [0.5, 0.6) is 17.2 Å². The first kappa shape index (κ1) is 26.4. The summed E-state index contributed by atoms with van der Waals surface area (Å²) in [4.78, 5) is 24.8. The number of nitrogens with zero attached hydrogens (tertiary/aromatic N) is 3. The predicted octanol–water partition coefficient (Wildman–Crippen LogP) is 4.95. The molecule has 0 bridgehead atoms. The number of aromatic amines is 1. The van der Waals surface area contributed by atoms with Gasteiger partial charge in [0, 0.05) is 5.02 Å². The van der Waals surface area contributed by atoms with E-state index in [1.165, 1.54) is 35.0 Å². The predicted molar refractivity (Wildman–Crippen MR) is 137 cm³/mol. The number of aliphatic carboxylic acids is 1. The molecule has 0 radical (unpaired) electrons. The number of phenolic OH excluding ortho intramolecular Hbond substituents is 1. The average molecular weight is 592 g/mol. The van der Waals surface area contributed by atoms with Crippen molar-refractivity contribution in [1.82, 2.24) is 14.9 Å². The van der Waals surface area contributed by atoms with Crippen LogP contribution in [0.4, 0.5) is 0 Å². The quantitative estimate of drug-likeness (QED) is 0.312. The third kappa shape index (κ3) is 5.23. The van der Waals surface area contributed by atoms with Crippen molar-refractivity contribution < 1.29 is 29.3 Å². The minimum Gasteiger partial charge on any atom is -0.504 e. The van der Waals surface area contributed by atoms with Crippen molar-refractivity contribution >= 4 is 70.7 Å². The van der Waals surface area contributed by atoms with Crippen LogP contribution in [0.25, 0.3) is 0 Å². The summed E-state index contributed by atoms with van der Waals surface area (Å²) in [7, 11) is 1.39. The van der Waals surface area contributed by atoms with Gasteiger partial charge < -0.3 is 19.7 Å². The standard InChI is InChI=1S/C21H17Cl3N4O6S2/c1-33-14-4-9(2-3-13(14)29)20-28(19(32)15(36-20)7-17(30)31)27-16(25-26-21(27)35)8-34-18-11(23)5-10(22)6-12(18)24/h2-6,15,20,29H,7-8H2,1H3,(H,26,35)(H,30,31). The van der Waals surface area contributed by atoms with Gasteiger partial charge in [-0.15, -0.1) is 11.8 Å². The Morgan fingerprint density at radius 1 is 1.25 bits per heavy atom. The SMILES string of the molecule is COc1cc(C2SC(CC(=O)O)C(=O)N2n2c(COc3c(Cl)cc(Cl)cc3Cl)n[nH]c2=S)ccc1O. The van der Waals surface area contributed by atoms with Crippen molar-refractivity contribution in [3.8, 4) is 17.2 Å². The van der Waals surface area contributed by atoms with Gasteiger partial charge in [-0.1, -0.05) is 40.9 Å². The number of carbonyl (C=O) groups is 2. The molecule has 36 heavy (non-hydrogen) atoms. The highest BCUT2D eigenvalue weighted by Crippen LogP contribution is 2.45. The van der Waals surface area contributed by atoms with Crippen molar-refractivity contribution in [3.63, 3.8) is 0 Å². The third-order valence-corrected chi connectivity index (χ3v) is 7.58. The monoisotopic (exact) mass is 590 g/mol. The number of carbonyl (C=O) groups excluding carboxylic acids is 1. The molecular formula is C21H17Cl3N4O6S2. The number of carboxylic acid groups (broad SMARTS) is 1. The number of hydrogen-bond donors (Lipinski definition) is 3. The Labute approximate surface area is 228 Å². The minimum absolute atomic E-state index is 0.0718. The molecule has 1 aliphatic rings. The number of hydrogen-bond acceptors (Lipinski definition) is 8. The fourth-order valence-corrected chi connectivity index (χ4v) is 6.10. The molecule has 2 heterocycles. The summed E-state index contributed by atoms with van der Waals surface area (Å²) in [5.74, 6) is -1.17. The lowest BCUT2D eigenvalue weighted by Crippen LogP contribution is -2.42. The summed E-state index contributed by atoms with van der Waals surface area (Å²) in [5.41, 5.74) is 0.564. The number of H-pyrrole nitrogens is 1. The molecule has 3 N–H and O–H groups in total. The number of ether oxygens (including phenoxy) is 2. The second-order valence-corrected chi connectivity index (χ2v) is 10.4. The van der Waals surface area contributed by atoms with Crippen LogP contribution in [0.3, 0.4) is 0 Å². The molecule has 1 aliphatic heterocycles. The zero-order valence-corrected chi connectivity index (χ0v) is 22.2. The van der Waals surface area contributed by atoms with Gasteiger partial charge in [0.1, 0.15) is 12.0 Å². The van der Waals surface area contributed by atoms with E-state index in [-0.39, 0.29) is 44.5 Å². The van der Waals surface area contributed by atoms with Gasteiger partial charge in [0.25, 0.3) is 5.91 Å². The first-order valence-corrected chi connectivity index (χ1v) is 12.6. The second kappa shape index (κ2) is 10.8. The number of phenols is 1. The van der Waals surface area contributed by atoms with Crippen molar-refractivity contribution in [3.05, 3.63) is 61.6 Å². The van der Waals surface area contributed by atoms with Crippen LogP contribution in [-0.4, -0.2) is 49.3 Å². The lowest BCUT2D eigenvalue weighted by atomic mass is 10.2. The average Bonchev–Trinajstić information content (AvgIpc) is 3.32. The number of halogens is 3. The molecule has 190 valence electrons. The van der Waals surface area contributed by atoms with Gasteiger partial charge in [0.2, 0.25) is 4.77 Å². The molecule has 4 rings (SSSR count). The molecule has 1 amide bonds. The van der Waals surface area contributed by atoms with E-state index in [0.717, 1.165) is 11.8 Å². The lowest BCUT2D eigenvalue weighted by molar-refractivity contribution is -0.138. The van der Waals surface area contributed by atoms with Gasteiger partial charge in [-0.25, -0.2) is 9.69 Å². The number of nitrogens with one attached hydrogen (secondary N) is 1. The molecule has 1 aromatic heterocycles. The van der Waals surface area contributed by atoms with Crippen molar-refractivity contribution in [2.45, 2.75) is 23.7 Å². The van der Waals surface area contributed by atoms with Crippen LogP contribution in [0.2, 0.25) is 15.1 Å². The molecule has 2 atom stereocenters. The highest BCUT2D eigenvalue weighted by Gasteiger charge is 2.44. The Bertz CT molecular complexity index is 1380. The van der Waals surface area contributed by atoms with Crippen LogP contribution >= 0.6 is 58.8 Å². The molecule has 0 saturated carbocycles. The van der Waals surface area contributed by atoms with Crippen LogP contribution in [0.1, 0.15) is 23.2 Å². The minimum atomic E-state index is -1.13. The summed E-state index contributed by atoms with van der Waals surface area (Å²) in [5, 5.41) is 26.5. The van der Waals surface area contributed by atoms with E-state index in [1.54, 1.807) is 12.1 Å². The Morgan fingerprint density at radius 2 is 1.94 bits per heavy atom. The summed E-state index contributed by atoms with van der Waals surface area (Å²) >= 11 is 24.9. The topological polar surface area (TPSA) is 130 Å². The van der Waals surface area contributed by atoms with Gasteiger partial charge in [-0.2, -0.15) is 5.10 Å². The van der Waals surface area contributed by atoms with Crippen LogP contribution in [0, 0.1) is 4.77 Å². The van der Waals surface area contributed by atoms with Gasteiger partial charge in [-0.3, -0.25) is 14.7 Å². The lowest BCUT2D eigenvalue weighted by Gasteiger charge is -2.26. The van der Waals surface area contributed by atoms with Crippen molar-refractivity contribution in [1.29, 1.82) is 0 Å². The van der Waals surface area contributed by atoms with E-state index in [9.17, 15) is 19.8 Å². The third-order valence-electron chi connectivity index (χ3n) is 5.11.